The van der Waals surface area contributed by atoms with Crippen LogP contribution in [-0.4, -0.2) is 17.0 Å². The molecule has 0 aromatic heterocycles. The minimum absolute atomic E-state index is 0.160. The zero-order chi connectivity index (χ0) is 31.5. The summed E-state index contributed by atoms with van der Waals surface area (Å²) in [5, 5.41) is 10.0. The lowest BCUT2D eigenvalue weighted by Crippen LogP contribution is -2.35. The van der Waals surface area contributed by atoms with E-state index in [1.807, 2.05) is 32.1 Å². The first kappa shape index (κ1) is 35.0. The van der Waals surface area contributed by atoms with E-state index < -0.39 is 6.10 Å². The predicted molar refractivity (Wildman–Crippen MR) is 183 cm³/mol. The van der Waals surface area contributed by atoms with Gasteiger partial charge in [-0.1, -0.05) is 141 Å². The van der Waals surface area contributed by atoms with E-state index in [4.69, 9.17) is 0 Å². The Morgan fingerprint density at radius 1 is 0.690 bits per heavy atom. The second kappa shape index (κ2) is 15.8. The van der Waals surface area contributed by atoms with Gasteiger partial charge in [0, 0.05) is 0 Å². The van der Waals surface area contributed by atoms with Gasteiger partial charge in [0.2, 0.25) is 0 Å². The van der Waals surface area contributed by atoms with Crippen LogP contribution in [0.25, 0.3) is 0 Å². The van der Waals surface area contributed by atoms with Crippen LogP contribution in [-0.2, 0) is 4.79 Å². The van der Waals surface area contributed by atoms with Gasteiger partial charge in [-0.05, 0) is 94.8 Å². The maximum absolute atomic E-state index is 12.2. The Bertz CT molecular complexity index is 1330. The molecule has 0 spiro atoms. The van der Waals surface area contributed by atoms with Crippen molar-refractivity contribution in [3.63, 3.8) is 0 Å². The summed E-state index contributed by atoms with van der Waals surface area (Å²) in [6.07, 6.45) is 32.9. The van der Waals surface area contributed by atoms with Crippen LogP contribution in [0.5, 0.6) is 0 Å². The number of carbonyl (C=O) groups is 1. The summed E-state index contributed by atoms with van der Waals surface area (Å²) in [4.78, 5) is 12.2. The van der Waals surface area contributed by atoms with Crippen molar-refractivity contribution in [1.82, 2.24) is 0 Å². The van der Waals surface area contributed by atoms with Crippen molar-refractivity contribution in [2.75, 3.05) is 0 Å². The van der Waals surface area contributed by atoms with E-state index in [9.17, 15) is 9.90 Å². The Kier molecular flexibility index (Phi) is 13.2. The molecule has 1 atom stereocenters. The molecule has 42 heavy (non-hydrogen) atoms. The van der Waals surface area contributed by atoms with Crippen molar-refractivity contribution >= 4 is 5.78 Å². The molecule has 0 saturated heterocycles. The van der Waals surface area contributed by atoms with Crippen LogP contribution in [0.2, 0.25) is 0 Å². The number of Topliss-reactive ketones (excluding diaryl/α,β-unsaturated/α-hetero) is 1. The lowest BCUT2D eigenvalue weighted by atomic mass is 9.71. The van der Waals surface area contributed by atoms with E-state index in [1.54, 1.807) is 0 Å². The molecule has 0 amide bonds. The van der Waals surface area contributed by atoms with Crippen LogP contribution >= 0.6 is 0 Å². The number of ketones is 1. The van der Waals surface area contributed by atoms with E-state index in [-0.39, 0.29) is 16.6 Å². The topological polar surface area (TPSA) is 37.3 Å². The Morgan fingerprint density at radius 3 is 1.64 bits per heavy atom. The molecule has 2 nitrogen and oxygen atoms in total. The highest BCUT2D eigenvalue weighted by Crippen LogP contribution is 2.41. The fourth-order valence-electron chi connectivity index (χ4n) is 5.71. The van der Waals surface area contributed by atoms with Gasteiger partial charge in [0.05, 0.1) is 0 Å². The molecule has 2 aliphatic rings. The second-order valence-electron chi connectivity index (χ2n) is 13.4. The monoisotopic (exact) mass is 566 g/mol. The fourth-order valence-corrected chi connectivity index (χ4v) is 5.71. The van der Waals surface area contributed by atoms with E-state index in [0.717, 1.165) is 16.7 Å². The number of aliphatic hydroxyl groups is 1. The van der Waals surface area contributed by atoms with Gasteiger partial charge in [0.25, 0.3) is 0 Å². The zero-order valence-corrected chi connectivity index (χ0v) is 27.8. The van der Waals surface area contributed by atoms with Crippen molar-refractivity contribution in [3.05, 3.63) is 130 Å². The molecule has 0 bridgehead atoms. The van der Waals surface area contributed by atoms with Crippen molar-refractivity contribution in [1.29, 1.82) is 0 Å². The van der Waals surface area contributed by atoms with Crippen LogP contribution in [0.1, 0.15) is 94.9 Å². The highest BCUT2D eigenvalue weighted by atomic mass is 16.3. The summed E-state index contributed by atoms with van der Waals surface area (Å²) in [7, 11) is 0. The normalized spacial score (nSPS) is 23.3. The maximum atomic E-state index is 12.2. The molecule has 2 rings (SSSR count). The van der Waals surface area contributed by atoms with E-state index >= 15 is 0 Å². The summed E-state index contributed by atoms with van der Waals surface area (Å²) < 4.78 is 0. The van der Waals surface area contributed by atoms with Crippen LogP contribution < -0.4 is 0 Å². The van der Waals surface area contributed by atoms with Gasteiger partial charge in [-0.15, -0.1) is 0 Å². The quantitative estimate of drug-likeness (QED) is 0.267. The maximum Gasteiger partial charge on any atom is 0.187 e. The second-order valence-corrected chi connectivity index (χ2v) is 13.4. The third kappa shape index (κ3) is 10.9. The third-order valence-electron chi connectivity index (χ3n) is 8.34. The number of aliphatic hydroxyl groups excluding tert-OH is 1. The molecule has 226 valence electrons. The Balaban J connectivity index is 1.92. The predicted octanol–water partition coefficient (Wildman–Crippen LogP) is 10.8. The molecule has 0 fully saturated rings. The van der Waals surface area contributed by atoms with Crippen molar-refractivity contribution in [3.8, 4) is 0 Å². The molecule has 0 aliphatic heterocycles. The molecule has 0 radical (unpaired) electrons. The van der Waals surface area contributed by atoms with E-state index in [2.05, 4.69) is 122 Å². The number of carbonyl (C=O) groups excluding carboxylic acids is 1. The van der Waals surface area contributed by atoms with Gasteiger partial charge in [-0.2, -0.15) is 0 Å². The van der Waals surface area contributed by atoms with Crippen LogP contribution in [0.4, 0.5) is 0 Å². The minimum Gasteiger partial charge on any atom is -0.385 e. The summed E-state index contributed by atoms with van der Waals surface area (Å²) >= 11 is 0. The summed E-state index contributed by atoms with van der Waals surface area (Å²) in [6, 6.07) is 0. The Morgan fingerprint density at radius 2 is 1.14 bits per heavy atom. The molecule has 0 heterocycles. The molecular weight excluding hydrogens is 512 g/mol. The number of rotatable bonds is 10. The van der Waals surface area contributed by atoms with Gasteiger partial charge < -0.3 is 5.11 Å². The fraction of sp³-hybridized carbons (Fsp3) is 0.425. The average molecular weight is 567 g/mol. The average Bonchev–Trinajstić information content (AvgIpc) is 2.88. The first-order valence-corrected chi connectivity index (χ1v) is 15.4. The molecule has 2 heteroatoms. The van der Waals surface area contributed by atoms with E-state index in [0.29, 0.717) is 12.0 Å². The highest BCUT2D eigenvalue weighted by molar-refractivity contribution is 6.00. The molecule has 1 unspecified atom stereocenters. The molecule has 1 N–H and O–H groups in total. The standard InChI is InChI=1S/C40H54O2/c1-29(18-13-20-31(3)23-25-35-33(5)22-15-27-39(35,7)8)16-11-12-17-30(2)19-14-21-32(4)24-26-36-34(6)38(42)37(41)28-40(36,9)10/h11-14,16-21,23-26,37,41H,15,22,27-28H2,1-10H3/b12-11+,18-13?,19-14+,25-23?,26-24+,29-16?,30-17+,31-20?,32-21+. The van der Waals surface area contributed by atoms with Crippen LogP contribution in [0.15, 0.2) is 130 Å². The smallest absolute Gasteiger partial charge is 0.187 e. The first-order valence-electron chi connectivity index (χ1n) is 15.4. The zero-order valence-electron chi connectivity index (χ0n) is 27.8. The van der Waals surface area contributed by atoms with Crippen molar-refractivity contribution < 1.29 is 9.90 Å². The van der Waals surface area contributed by atoms with Gasteiger partial charge in [0.1, 0.15) is 6.10 Å². The summed E-state index contributed by atoms with van der Waals surface area (Å²) in [6.45, 7) is 21.4. The summed E-state index contributed by atoms with van der Waals surface area (Å²) in [5.74, 6) is -0.160. The number of hydrogen-bond acceptors (Lipinski definition) is 2. The largest absolute Gasteiger partial charge is 0.385 e. The van der Waals surface area contributed by atoms with E-state index in [1.165, 1.54) is 41.6 Å². The van der Waals surface area contributed by atoms with Crippen LogP contribution in [0.3, 0.4) is 0 Å². The lowest BCUT2D eigenvalue weighted by molar-refractivity contribution is -0.125. The minimum atomic E-state index is -0.892. The van der Waals surface area contributed by atoms with Gasteiger partial charge in [0.15, 0.2) is 5.78 Å². The molecule has 0 saturated carbocycles. The molecular formula is C40H54O2. The SMILES string of the molecule is CC(C=CC1=C(C)CCCC1(C)C)=CC=CC(C)=C/C=C/C=C(C)/C=C/C=C(C)/C=C/C1=C(C)C(=O)C(O)CC1(C)C. The molecule has 0 aromatic carbocycles. The summed E-state index contributed by atoms with van der Waals surface area (Å²) in [5.41, 5.74) is 9.44. The number of hydrogen-bond donors (Lipinski definition) is 1. The molecule has 2 aliphatic carbocycles. The van der Waals surface area contributed by atoms with Gasteiger partial charge >= 0.3 is 0 Å². The molecule has 0 aromatic rings. The lowest BCUT2D eigenvalue weighted by Gasteiger charge is -2.34. The van der Waals surface area contributed by atoms with Gasteiger partial charge in [-0.25, -0.2) is 0 Å². The Labute approximate surface area is 256 Å². The highest BCUT2D eigenvalue weighted by Gasteiger charge is 2.36. The third-order valence-corrected chi connectivity index (χ3v) is 8.34. The van der Waals surface area contributed by atoms with Crippen LogP contribution in [0, 0.1) is 10.8 Å². The van der Waals surface area contributed by atoms with Gasteiger partial charge in [-0.3, -0.25) is 4.79 Å². The Hall–Kier alpha value is -3.23. The van der Waals surface area contributed by atoms with Crippen molar-refractivity contribution in [2.24, 2.45) is 10.8 Å². The first-order chi connectivity index (χ1) is 19.6. The number of allylic oxidation sites excluding steroid dienone is 21. The van der Waals surface area contributed by atoms with Crippen molar-refractivity contribution in [2.45, 2.75) is 101 Å².